The fourth-order valence-corrected chi connectivity index (χ4v) is 1.13. The first-order valence-electron chi connectivity index (χ1n) is 3.81. The summed E-state index contributed by atoms with van der Waals surface area (Å²) in [6.07, 6.45) is 7.51. The Kier molecular flexibility index (Phi) is 2.25. The van der Waals surface area contributed by atoms with Crippen molar-refractivity contribution in [2.24, 2.45) is 0 Å². The minimum atomic E-state index is -0.872. The Balaban J connectivity index is 2.68. The molecular formula is C9H12O2. The van der Waals surface area contributed by atoms with Gasteiger partial charge in [-0.1, -0.05) is 13.3 Å². The number of rotatable bonds is 2. The van der Waals surface area contributed by atoms with Gasteiger partial charge in [0.05, 0.1) is 0 Å². The molecule has 0 unspecified atom stereocenters. The van der Waals surface area contributed by atoms with Gasteiger partial charge >= 0.3 is 0 Å². The zero-order chi connectivity index (χ0) is 8.32. The van der Waals surface area contributed by atoms with Crippen molar-refractivity contribution in [2.45, 2.75) is 25.4 Å². The summed E-state index contributed by atoms with van der Waals surface area (Å²) in [4.78, 5) is 10.7. The number of carbonyl (C=O) groups is 1. The van der Waals surface area contributed by atoms with Crippen LogP contribution < -0.4 is 0 Å². The Morgan fingerprint density at radius 1 is 1.45 bits per heavy atom. The molecule has 0 heterocycles. The number of allylic oxidation sites excluding steroid dienone is 2. The summed E-state index contributed by atoms with van der Waals surface area (Å²) >= 11 is 0. The highest BCUT2D eigenvalue weighted by Gasteiger charge is 2.21. The lowest BCUT2D eigenvalue weighted by molar-refractivity contribution is -0.110. The van der Waals surface area contributed by atoms with E-state index in [0.717, 1.165) is 6.42 Å². The maximum Gasteiger partial charge on any atom is 0.178 e. The van der Waals surface area contributed by atoms with Gasteiger partial charge in [-0.25, -0.2) is 0 Å². The van der Waals surface area contributed by atoms with E-state index in [1.807, 2.05) is 6.92 Å². The monoisotopic (exact) mass is 152 g/mol. The molecular weight excluding hydrogens is 140 g/mol. The minimum absolute atomic E-state index is 0.0502. The lowest BCUT2D eigenvalue weighted by atomic mass is 9.93. The molecule has 11 heavy (non-hydrogen) atoms. The number of hydrogen-bond acceptors (Lipinski definition) is 2. The summed E-state index contributed by atoms with van der Waals surface area (Å²) in [5, 5.41) is 9.66. The molecule has 0 aliphatic heterocycles. The van der Waals surface area contributed by atoms with Gasteiger partial charge in [-0.2, -0.15) is 0 Å². The summed E-state index contributed by atoms with van der Waals surface area (Å²) in [5.74, 6) is -0.0502. The number of aliphatic hydroxyl groups is 1. The van der Waals surface area contributed by atoms with Crippen LogP contribution >= 0.6 is 0 Å². The van der Waals surface area contributed by atoms with Gasteiger partial charge in [0.2, 0.25) is 0 Å². The van der Waals surface area contributed by atoms with Crippen molar-refractivity contribution < 1.29 is 9.90 Å². The second kappa shape index (κ2) is 3.01. The van der Waals surface area contributed by atoms with Crippen LogP contribution in [0.1, 0.15) is 19.8 Å². The maximum absolute atomic E-state index is 10.7. The highest BCUT2D eigenvalue weighted by Crippen LogP contribution is 2.19. The van der Waals surface area contributed by atoms with Crippen LogP contribution in [0.15, 0.2) is 24.3 Å². The first kappa shape index (κ1) is 8.21. The molecule has 0 atom stereocenters. The largest absolute Gasteiger partial charge is 0.382 e. The van der Waals surface area contributed by atoms with Gasteiger partial charge in [0, 0.05) is 0 Å². The lowest BCUT2D eigenvalue weighted by Gasteiger charge is -2.21. The van der Waals surface area contributed by atoms with E-state index in [0.29, 0.717) is 6.42 Å². The lowest BCUT2D eigenvalue weighted by Crippen LogP contribution is -2.25. The van der Waals surface area contributed by atoms with Crippen molar-refractivity contribution in [1.82, 2.24) is 0 Å². The normalized spacial score (nSPS) is 20.7. The molecule has 0 radical (unpaired) electrons. The SMILES string of the molecule is CCCC1(O)C=CC(=O)C=C1. The average Bonchev–Trinajstić information content (AvgIpc) is 1.97. The predicted octanol–water partition coefficient (Wildman–Crippen LogP) is 1.21. The summed E-state index contributed by atoms with van der Waals surface area (Å²) < 4.78 is 0. The molecule has 60 valence electrons. The summed E-state index contributed by atoms with van der Waals surface area (Å²) in [5.41, 5.74) is -0.872. The van der Waals surface area contributed by atoms with Gasteiger partial charge in [-0.15, -0.1) is 0 Å². The summed E-state index contributed by atoms with van der Waals surface area (Å²) in [6, 6.07) is 0. The second-order valence-corrected chi connectivity index (χ2v) is 2.81. The molecule has 2 heteroatoms. The zero-order valence-corrected chi connectivity index (χ0v) is 6.58. The van der Waals surface area contributed by atoms with Gasteiger partial charge in [0.15, 0.2) is 5.78 Å². The van der Waals surface area contributed by atoms with E-state index >= 15 is 0 Å². The van der Waals surface area contributed by atoms with E-state index in [9.17, 15) is 9.90 Å². The van der Waals surface area contributed by atoms with Crippen LogP contribution in [0.4, 0.5) is 0 Å². The van der Waals surface area contributed by atoms with Crippen molar-refractivity contribution in [2.75, 3.05) is 0 Å². The van der Waals surface area contributed by atoms with Crippen LogP contribution in [0.2, 0.25) is 0 Å². The van der Waals surface area contributed by atoms with Crippen molar-refractivity contribution in [3.8, 4) is 0 Å². The van der Waals surface area contributed by atoms with Gasteiger partial charge < -0.3 is 5.11 Å². The Morgan fingerprint density at radius 3 is 2.45 bits per heavy atom. The number of hydrogen-bond donors (Lipinski definition) is 1. The van der Waals surface area contributed by atoms with Crippen LogP contribution in [-0.2, 0) is 4.79 Å². The molecule has 1 aliphatic carbocycles. The third-order valence-corrected chi connectivity index (χ3v) is 1.72. The van der Waals surface area contributed by atoms with Gasteiger partial charge in [-0.05, 0) is 30.7 Å². The third kappa shape index (κ3) is 2.02. The molecule has 0 aromatic carbocycles. The third-order valence-electron chi connectivity index (χ3n) is 1.72. The zero-order valence-electron chi connectivity index (χ0n) is 6.58. The van der Waals surface area contributed by atoms with E-state index < -0.39 is 5.60 Å². The molecule has 2 nitrogen and oxygen atoms in total. The van der Waals surface area contributed by atoms with E-state index in [4.69, 9.17) is 0 Å². The summed E-state index contributed by atoms with van der Waals surface area (Å²) in [6.45, 7) is 2.00. The Labute approximate surface area is 66.2 Å². The molecule has 0 fully saturated rings. The van der Waals surface area contributed by atoms with E-state index in [1.165, 1.54) is 12.2 Å². The van der Waals surface area contributed by atoms with Crippen LogP contribution in [0.25, 0.3) is 0 Å². The molecule has 0 aromatic rings. The molecule has 1 N–H and O–H groups in total. The molecule has 1 rings (SSSR count). The van der Waals surface area contributed by atoms with Crippen molar-refractivity contribution in [3.63, 3.8) is 0 Å². The van der Waals surface area contributed by atoms with Crippen molar-refractivity contribution in [3.05, 3.63) is 24.3 Å². The van der Waals surface area contributed by atoms with E-state index in [2.05, 4.69) is 0 Å². The average molecular weight is 152 g/mol. The fourth-order valence-electron chi connectivity index (χ4n) is 1.13. The van der Waals surface area contributed by atoms with E-state index in [-0.39, 0.29) is 5.78 Å². The highest BCUT2D eigenvalue weighted by molar-refractivity contribution is 6.00. The molecule has 0 aromatic heterocycles. The van der Waals surface area contributed by atoms with Crippen LogP contribution in [-0.4, -0.2) is 16.5 Å². The standard InChI is InChI=1S/C9H12O2/c1-2-5-9(11)6-3-8(10)4-7-9/h3-4,6-7,11H,2,5H2,1H3. The molecule has 0 saturated carbocycles. The Hall–Kier alpha value is -0.890. The highest BCUT2D eigenvalue weighted by atomic mass is 16.3. The maximum atomic E-state index is 10.7. The topological polar surface area (TPSA) is 37.3 Å². The first-order valence-corrected chi connectivity index (χ1v) is 3.81. The molecule has 0 saturated heterocycles. The van der Waals surface area contributed by atoms with Crippen molar-refractivity contribution >= 4 is 5.78 Å². The molecule has 0 amide bonds. The quantitative estimate of drug-likeness (QED) is 0.645. The Bertz CT molecular complexity index is 198. The van der Waals surface area contributed by atoms with Crippen LogP contribution in [0.3, 0.4) is 0 Å². The molecule has 1 aliphatic rings. The summed E-state index contributed by atoms with van der Waals surface area (Å²) in [7, 11) is 0. The fraction of sp³-hybridized carbons (Fsp3) is 0.444. The smallest absolute Gasteiger partial charge is 0.178 e. The first-order chi connectivity index (χ1) is 5.16. The van der Waals surface area contributed by atoms with E-state index in [1.54, 1.807) is 12.2 Å². The van der Waals surface area contributed by atoms with Gasteiger partial charge in [-0.3, -0.25) is 4.79 Å². The predicted molar refractivity (Wildman–Crippen MR) is 43.1 cm³/mol. The number of ketones is 1. The minimum Gasteiger partial charge on any atom is -0.382 e. The molecule has 0 spiro atoms. The van der Waals surface area contributed by atoms with Crippen LogP contribution in [0, 0.1) is 0 Å². The number of carbonyl (C=O) groups excluding carboxylic acids is 1. The van der Waals surface area contributed by atoms with Gasteiger partial charge in [0.25, 0.3) is 0 Å². The van der Waals surface area contributed by atoms with Crippen molar-refractivity contribution in [1.29, 1.82) is 0 Å². The Morgan fingerprint density at radius 2 is 2.00 bits per heavy atom. The van der Waals surface area contributed by atoms with Gasteiger partial charge in [0.1, 0.15) is 5.60 Å². The second-order valence-electron chi connectivity index (χ2n) is 2.81. The van der Waals surface area contributed by atoms with Crippen LogP contribution in [0.5, 0.6) is 0 Å². The molecule has 0 bridgehead atoms.